The maximum absolute atomic E-state index is 13.1. The molecule has 45 heavy (non-hydrogen) atoms. The Kier molecular flexibility index (Phi) is 6.91. The van der Waals surface area contributed by atoms with Gasteiger partial charge < -0.3 is 15.0 Å². The minimum absolute atomic E-state index is 0.190. The lowest BCUT2D eigenvalue weighted by molar-refractivity contribution is -0.274. The molecule has 0 spiro atoms. The van der Waals surface area contributed by atoms with Crippen molar-refractivity contribution in [1.82, 2.24) is 39.1 Å². The quantitative estimate of drug-likeness (QED) is 0.248. The molecule has 0 radical (unpaired) electrons. The van der Waals surface area contributed by atoms with E-state index in [1.807, 2.05) is 35.3 Å². The van der Waals surface area contributed by atoms with Crippen LogP contribution in [-0.2, 0) is 5.54 Å². The number of carbonyl (C=O) groups is 1. The number of pyridine rings is 1. The van der Waals surface area contributed by atoms with Crippen molar-refractivity contribution in [2.24, 2.45) is 0 Å². The van der Waals surface area contributed by atoms with E-state index in [2.05, 4.69) is 36.4 Å². The van der Waals surface area contributed by atoms with Crippen LogP contribution in [0.4, 0.5) is 24.8 Å². The molecule has 2 aliphatic rings. The Labute approximate surface area is 254 Å². The van der Waals surface area contributed by atoms with E-state index in [0.717, 1.165) is 41.9 Å². The molecule has 2 fully saturated rings. The van der Waals surface area contributed by atoms with Crippen molar-refractivity contribution in [2.45, 2.75) is 50.0 Å². The maximum atomic E-state index is 13.1. The minimum Gasteiger partial charge on any atom is -0.406 e. The number of piperidine rings is 1. The molecule has 15 heteroatoms. The number of nitrogens with zero attached hydrogens (tertiary/aromatic N) is 9. The van der Waals surface area contributed by atoms with Gasteiger partial charge in [-0.05, 0) is 62.1 Å². The van der Waals surface area contributed by atoms with E-state index in [-0.39, 0.29) is 17.9 Å². The fourth-order valence-corrected chi connectivity index (χ4v) is 5.70. The van der Waals surface area contributed by atoms with Crippen LogP contribution in [0, 0.1) is 11.3 Å². The summed E-state index contributed by atoms with van der Waals surface area (Å²) in [6.45, 7) is 0.697. The minimum atomic E-state index is -4.81. The van der Waals surface area contributed by atoms with Gasteiger partial charge in [0.15, 0.2) is 5.65 Å². The molecule has 5 aromatic rings. The van der Waals surface area contributed by atoms with Gasteiger partial charge in [0.05, 0.1) is 47.8 Å². The van der Waals surface area contributed by atoms with Gasteiger partial charge in [0.2, 0.25) is 5.95 Å². The summed E-state index contributed by atoms with van der Waals surface area (Å²) in [5.74, 6) is -0.261. The number of alkyl halides is 3. The summed E-state index contributed by atoms with van der Waals surface area (Å²) in [6.07, 6.45) is 5.92. The largest absolute Gasteiger partial charge is 0.573 e. The van der Waals surface area contributed by atoms with Crippen LogP contribution in [0.25, 0.3) is 16.9 Å². The first-order valence-electron chi connectivity index (χ1n) is 14.4. The molecule has 0 atom stereocenters. The number of rotatable bonds is 8. The van der Waals surface area contributed by atoms with Crippen LogP contribution in [-0.4, -0.2) is 64.4 Å². The molecule has 1 saturated carbocycles. The lowest BCUT2D eigenvalue weighted by Crippen LogP contribution is -2.48. The molecular formula is C30H27F3N10O2. The Morgan fingerprint density at radius 3 is 2.56 bits per heavy atom. The standard InChI is InChI=1S/C30H27F3N10O2/c31-30(32,33)45-24-8-4-20(5-9-24)27(44)40-14-11-29(10-13-34,12-15-40)42-18-21(16-36-42)25-2-1-3-26-38-28(39-43(25)26)37-22-17-35-41(19-22)23-6-7-23/h1-5,8-9,16-19,23H,6-7,10-12,14-15H2,(H,37,39). The number of benzene rings is 1. The SMILES string of the molecule is N#CCC1(n2cc(-c3cccc4nc(Nc5cnn(C6CC6)c5)nn34)cn2)CCN(C(=O)c2ccc(OC(F)(F)F)cc2)CC1. The van der Waals surface area contributed by atoms with Crippen LogP contribution < -0.4 is 10.1 Å². The van der Waals surface area contributed by atoms with Crippen molar-refractivity contribution >= 4 is 23.2 Å². The Bertz CT molecular complexity index is 1890. The first-order chi connectivity index (χ1) is 21.7. The monoisotopic (exact) mass is 616 g/mol. The zero-order valence-corrected chi connectivity index (χ0v) is 23.9. The zero-order valence-electron chi connectivity index (χ0n) is 23.9. The fraction of sp³-hybridized carbons (Fsp3) is 0.333. The van der Waals surface area contributed by atoms with E-state index >= 15 is 0 Å². The highest BCUT2D eigenvalue weighted by atomic mass is 19.4. The highest BCUT2D eigenvalue weighted by Crippen LogP contribution is 2.36. The number of hydrogen-bond donors (Lipinski definition) is 1. The molecule has 0 bridgehead atoms. The van der Waals surface area contributed by atoms with E-state index in [0.29, 0.717) is 43.6 Å². The average molecular weight is 617 g/mol. The molecular weight excluding hydrogens is 589 g/mol. The smallest absolute Gasteiger partial charge is 0.406 e. The molecule has 1 aliphatic heterocycles. The number of ether oxygens (including phenoxy) is 1. The predicted molar refractivity (Wildman–Crippen MR) is 154 cm³/mol. The molecule has 12 nitrogen and oxygen atoms in total. The first kappa shape index (κ1) is 28.4. The second-order valence-corrected chi connectivity index (χ2v) is 11.3. The summed E-state index contributed by atoms with van der Waals surface area (Å²) >= 11 is 0. The second-order valence-electron chi connectivity index (χ2n) is 11.3. The summed E-state index contributed by atoms with van der Waals surface area (Å²) in [5.41, 5.74) is 2.63. The van der Waals surface area contributed by atoms with Gasteiger partial charge in [-0.3, -0.25) is 14.2 Å². The van der Waals surface area contributed by atoms with E-state index in [4.69, 9.17) is 0 Å². The lowest BCUT2D eigenvalue weighted by Gasteiger charge is -2.40. The van der Waals surface area contributed by atoms with Gasteiger partial charge in [-0.2, -0.15) is 20.4 Å². The lowest BCUT2D eigenvalue weighted by atomic mass is 9.84. The number of nitrogens with one attached hydrogen (secondary N) is 1. The van der Waals surface area contributed by atoms with Crippen LogP contribution in [0.3, 0.4) is 0 Å². The number of likely N-dealkylation sites (tertiary alicyclic amines) is 1. The number of aromatic nitrogens is 7. The highest BCUT2D eigenvalue weighted by Gasteiger charge is 2.39. The van der Waals surface area contributed by atoms with Crippen LogP contribution >= 0.6 is 0 Å². The van der Waals surface area contributed by atoms with Gasteiger partial charge in [-0.25, -0.2) is 4.52 Å². The van der Waals surface area contributed by atoms with Crippen molar-refractivity contribution in [3.63, 3.8) is 0 Å². The van der Waals surface area contributed by atoms with Gasteiger partial charge in [0.25, 0.3) is 5.91 Å². The predicted octanol–water partition coefficient (Wildman–Crippen LogP) is 5.31. The summed E-state index contributed by atoms with van der Waals surface area (Å²) in [6, 6.07) is 13.3. The normalized spacial score (nSPS) is 16.4. The van der Waals surface area contributed by atoms with Gasteiger partial charge in [0.1, 0.15) is 5.75 Å². The third-order valence-electron chi connectivity index (χ3n) is 8.23. The van der Waals surface area contributed by atoms with Crippen molar-refractivity contribution < 1.29 is 22.7 Å². The van der Waals surface area contributed by atoms with Crippen molar-refractivity contribution in [3.05, 3.63) is 72.8 Å². The third kappa shape index (κ3) is 5.78. The Morgan fingerprint density at radius 2 is 1.84 bits per heavy atom. The number of nitriles is 1. The van der Waals surface area contributed by atoms with Gasteiger partial charge in [-0.15, -0.1) is 18.3 Å². The third-order valence-corrected chi connectivity index (χ3v) is 8.23. The molecule has 5 heterocycles. The van der Waals surface area contributed by atoms with Crippen LogP contribution in [0.5, 0.6) is 5.75 Å². The number of fused-ring (bicyclic) bond motifs is 1. The number of halogens is 3. The molecule has 230 valence electrons. The van der Waals surface area contributed by atoms with E-state index in [9.17, 15) is 23.2 Å². The maximum Gasteiger partial charge on any atom is 0.573 e. The number of anilines is 2. The van der Waals surface area contributed by atoms with Gasteiger partial charge >= 0.3 is 6.36 Å². The second kappa shape index (κ2) is 11.0. The molecule has 1 aliphatic carbocycles. The molecule has 1 amide bonds. The van der Waals surface area contributed by atoms with E-state index < -0.39 is 17.7 Å². The van der Waals surface area contributed by atoms with E-state index in [1.54, 1.807) is 26.5 Å². The number of amides is 1. The van der Waals surface area contributed by atoms with Crippen molar-refractivity contribution in [2.75, 3.05) is 18.4 Å². The van der Waals surface area contributed by atoms with Crippen LogP contribution in [0.15, 0.2) is 67.3 Å². The molecule has 7 rings (SSSR count). The fourth-order valence-electron chi connectivity index (χ4n) is 5.70. The summed E-state index contributed by atoms with van der Waals surface area (Å²) < 4.78 is 46.9. The number of hydrogen-bond acceptors (Lipinski definition) is 8. The average Bonchev–Trinajstić information content (AvgIpc) is 3.37. The molecule has 1 N–H and O–H groups in total. The summed E-state index contributed by atoms with van der Waals surface area (Å²) in [4.78, 5) is 19.4. The Hall–Kier alpha value is -5.39. The van der Waals surface area contributed by atoms with Gasteiger partial charge in [-0.1, -0.05) is 6.07 Å². The van der Waals surface area contributed by atoms with E-state index in [1.165, 1.54) is 12.1 Å². The molecule has 1 aromatic carbocycles. The molecule has 1 saturated heterocycles. The summed E-state index contributed by atoms with van der Waals surface area (Å²) in [7, 11) is 0. The Balaban J connectivity index is 1.07. The Morgan fingerprint density at radius 1 is 1.07 bits per heavy atom. The topological polar surface area (TPSA) is 131 Å². The first-order valence-corrected chi connectivity index (χ1v) is 14.4. The van der Waals surface area contributed by atoms with Crippen LogP contribution in [0.1, 0.15) is 48.5 Å². The molecule has 4 aromatic heterocycles. The van der Waals surface area contributed by atoms with Crippen molar-refractivity contribution in [3.8, 4) is 23.1 Å². The number of carbonyl (C=O) groups excluding carboxylic acids is 1. The van der Waals surface area contributed by atoms with Crippen LogP contribution in [0.2, 0.25) is 0 Å². The van der Waals surface area contributed by atoms with Crippen molar-refractivity contribution in [1.29, 1.82) is 5.26 Å². The van der Waals surface area contributed by atoms with Gasteiger partial charge in [0, 0.05) is 36.6 Å². The summed E-state index contributed by atoms with van der Waals surface area (Å²) in [5, 5.41) is 26.7. The molecule has 0 unspecified atom stereocenters. The zero-order chi connectivity index (χ0) is 31.2. The highest BCUT2D eigenvalue weighted by molar-refractivity contribution is 5.94.